The highest BCUT2D eigenvalue weighted by molar-refractivity contribution is 4.66. The molecule has 0 amide bonds. The van der Waals surface area contributed by atoms with Crippen molar-refractivity contribution in [2.75, 3.05) is 39.3 Å². The summed E-state index contributed by atoms with van der Waals surface area (Å²) in [6.45, 7) is 10.4. The molecule has 1 fully saturated rings. The van der Waals surface area contributed by atoms with E-state index in [4.69, 9.17) is 5.11 Å². The summed E-state index contributed by atoms with van der Waals surface area (Å²) in [4.78, 5) is 2.59. The Kier molecular flexibility index (Phi) is 12.9. The molecule has 0 unspecified atom stereocenters. The number of hydrogen-bond donors (Lipinski definition) is 2. The third-order valence-electron chi connectivity index (χ3n) is 2.79. The van der Waals surface area contributed by atoms with Gasteiger partial charge >= 0.3 is 0 Å². The summed E-state index contributed by atoms with van der Waals surface area (Å²) in [5.74, 6) is 0. The third-order valence-corrected chi connectivity index (χ3v) is 2.79. The van der Waals surface area contributed by atoms with Crippen LogP contribution in [0.3, 0.4) is 0 Å². The lowest BCUT2D eigenvalue weighted by Gasteiger charge is -2.26. The van der Waals surface area contributed by atoms with Crippen molar-refractivity contribution in [3.05, 3.63) is 0 Å². The average molecular weight is 230 g/mol. The molecule has 0 radical (unpaired) electrons. The molecular formula is C13H30N2O. The number of aliphatic hydroxyl groups excluding tert-OH is 1. The largest absolute Gasteiger partial charge is 0.397 e. The molecule has 3 heteroatoms. The number of rotatable bonds is 6. The summed E-state index contributed by atoms with van der Waals surface area (Å²) in [5, 5.41) is 11.0. The number of unbranched alkanes of at least 4 members (excludes halogenated alkanes) is 4. The second-order valence-electron chi connectivity index (χ2n) is 4.32. The summed E-state index contributed by atoms with van der Waals surface area (Å²) < 4.78 is 0. The highest BCUT2D eigenvalue weighted by atomic mass is 16.2. The highest BCUT2D eigenvalue weighted by Crippen LogP contribution is 2.04. The monoisotopic (exact) mass is 230 g/mol. The first-order valence-corrected chi connectivity index (χ1v) is 6.89. The highest BCUT2D eigenvalue weighted by Gasteiger charge is 2.07. The molecule has 16 heavy (non-hydrogen) atoms. The number of nitrogens with zero attached hydrogens (tertiary/aromatic N) is 1. The molecule has 3 nitrogen and oxygen atoms in total. The standard InChI is InChI=1S/C11H24N2.C2H6O/c1-2-3-4-5-6-9-13-10-7-12-8-11-13;1-2-3/h12H,2-11H2,1H3;3H,2H2,1H3. The number of piperazine rings is 1. The topological polar surface area (TPSA) is 35.5 Å². The van der Waals surface area contributed by atoms with Gasteiger partial charge in [-0.1, -0.05) is 32.6 Å². The van der Waals surface area contributed by atoms with Crippen molar-refractivity contribution in [3.8, 4) is 0 Å². The fraction of sp³-hybridized carbons (Fsp3) is 1.00. The predicted molar refractivity (Wildman–Crippen MR) is 70.8 cm³/mol. The van der Waals surface area contributed by atoms with Crippen LogP contribution in [0.15, 0.2) is 0 Å². The van der Waals surface area contributed by atoms with Crippen LogP contribution in [-0.4, -0.2) is 49.3 Å². The van der Waals surface area contributed by atoms with Crippen LogP contribution in [0.25, 0.3) is 0 Å². The first-order valence-electron chi connectivity index (χ1n) is 6.89. The zero-order valence-corrected chi connectivity index (χ0v) is 11.2. The Morgan fingerprint density at radius 2 is 1.56 bits per heavy atom. The van der Waals surface area contributed by atoms with Gasteiger partial charge in [-0.05, 0) is 19.9 Å². The van der Waals surface area contributed by atoms with Gasteiger partial charge in [0.2, 0.25) is 0 Å². The minimum Gasteiger partial charge on any atom is -0.397 e. The minimum absolute atomic E-state index is 0.250. The van der Waals surface area contributed by atoms with Gasteiger partial charge in [-0.25, -0.2) is 0 Å². The minimum atomic E-state index is 0.250. The molecule has 0 spiro atoms. The summed E-state index contributed by atoms with van der Waals surface area (Å²) in [7, 11) is 0. The molecule has 1 heterocycles. The Bertz CT molecular complexity index is 125. The van der Waals surface area contributed by atoms with E-state index in [0.29, 0.717) is 0 Å². The molecule has 1 aliphatic heterocycles. The Labute approximate surface area is 101 Å². The number of nitrogens with one attached hydrogen (secondary N) is 1. The van der Waals surface area contributed by atoms with E-state index in [1.54, 1.807) is 6.92 Å². The molecule has 1 aliphatic rings. The van der Waals surface area contributed by atoms with Crippen molar-refractivity contribution in [1.29, 1.82) is 0 Å². The van der Waals surface area contributed by atoms with Crippen molar-refractivity contribution in [2.24, 2.45) is 0 Å². The first-order chi connectivity index (χ1) is 7.85. The van der Waals surface area contributed by atoms with Gasteiger partial charge in [-0.3, -0.25) is 0 Å². The van der Waals surface area contributed by atoms with Crippen molar-refractivity contribution in [3.63, 3.8) is 0 Å². The molecule has 0 aromatic carbocycles. The third kappa shape index (κ3) is 10.4. The zero-order valence-electron chi connectivity index (χ0n) is 11.2. The first kappa shape index (κ1) is 15.9. The van der Waals surface area contributed by atoms with Crippen LogP contribution in [0.2, 0.25) is 0 Å². The summed E-state index contributed by atoms with van der Waals surface area (Å²) >= 11 is 0. The second kappa shape index (κ2) is 12.9. The Morgan fingerprint density at radius 1 is 1.00 bits per heavy atom. The quantitative estimate of drug-likeness (QED) is 0.684. The maximum atomic E-state index is 7.57. The molecule has 0 aromatic heterocycles. The van der Waals surface area contributed by atoms with Crippen LogP contribution in [0, 0.1) is 0 Å². The van der Waals surface area contributed by atoms with Gasteiger partial charge in [0.15, 0.2) is 0 Å². The van der Waals surface area contributed by atoms with E-state index in [1.165, 1.54) is 64.8 Å². The van der Waals surface area contributed by atoms with E-state index in [9.17, 15) is 0 Å². The van der Waals surface area contributed by atoms with E-state index in [1.807, 2.05) is 0 Å². The Morgan fingerprint density at radius 3 is 2.12 bits per heavy atom. The van der Waals surface area contributed by atoms with Crippen molar-refractivity contribution in [1.82, 2.24) is 10.2 Å². The molecule has 0 bridgehead atoms. The van der Waals surface area contributed by atoms with Crippen LogP contribution in [-0.2, 0) is 0 Å². The fourth-order valence-electron chi connectivity index (χ4n) is 1.87. The van der Waals surface area contributed by atoms with Crippen molar-refractivity contribution >= 4 is 0 Å². The van der Waals surface area contributed by atoms with E-state index in [0.717, 1.165) is 0 Å². The fourth-order valence-corrected chi connectivity index (χ4v) is 1.87. The van der Waals surface area contributed by atoms with Gasteiger partial charge in [0, 0.05) is 32.8 Å². The molecule has 2 N–H and O–H groups in total. The van der Waals surface area contributed by atoms with Gasteiger partial charge < -0.3 is 15.3 Å². The van der Waals surface area contributed by atoms with Gasteiger partial charge in [-0.2, -0.15) is 0 Å². The predicted octanol–water partition coefficient (Wildman–Crippen LogP) is 1.86. The summed E-state index contributed by atoms with van der Waals surface area (Å²) in [6, 6.07) is 0. The molecule has 0 atom stereocenters. The van der Waals surface area contributed by atoms with Crippen molar-refractivity contribution < 1.29 is 5.11 Å². The Hall–Kier alpha value is -0.120. The lowest BCUT2D eigenvalue weighted by Crippen LogP contribution is -2.43. The lowest BCUT2D eigenvalue weighted by atomic mass is 10.1. The molecule has 0 aromatic rings. The summed E-state index contributed by atoms with van der Waals surface area (Å²) in [6.07, 6.45) is 7.04. The normalized spacial score (nSPS) is 16.7. The Balaban J connectivity index is 0.000000673. The van der Waals surface area contributed by atoms with E-state index in [-0.39, 0.29) is 6.61 Å². The molecule has 1 rings (SSSR count). The molecule has 1 saturated heterocycles. The van der Waals surface area contributed by atoms with Crippen LogP contribution < -0.4 is 5.32 Å². The van der Waals surface area contributed by atoms with Gasteiger partial charge in [-0.15, -0.1) is 0 Å². The number of hydrogen-bond acceptors (Lipinski definition) is 3. The maximum absolute atomic E-state index is 7.57. The molecular weight excluding hydrogens is 200 g/mol. The van der Waals surface area contributed by atoms with Crippen LogP contribution in [0.4, 0.5) is 0 Å². The average Bonchev–Trinajstić information content (AvgIpc) is 2.31. The maximum Gasteiger partial charge on any atom is 0.0402 e. The van der Waals surface area contributed by atoms with E-state index < -0.39 is 0 Å². The number of aliphatic hydroxyl groups is 1. The molecule has 0 aliphatic carbocycles. The lowest BCUT2D eigenvalue weighted by molar-refractivity contribution is 0.236. The molecule has 0 saturated carbocycles. The van der Waals surface area contributed by atoms with E-state index >= 15 is 0 Å². The zero-order chi connectivity index (χ0) is 12.1. The van der Waals surface area contributed by atoms with E-state index in [2.05, 4.69) is 17.1 Å². The van der Waals surface area contributed by atoms with Crippen LogP contribution in [0.1, 0.15) is 46.0 Å². The van der Waals surface area contributed by atoms with Gasteiger partial charge in [0.25, 0.3) is 0 Å². The SMILES string of the molecule is CCCCCCCN1CCNCC1.CCO. The van der Waals surface area contributed by atoms with Crippen molar-refractivity contribution in [2.45, 2.75) is 46.0 Å². The van der Waals surface area contributed by atoms with Gasteiger partial charge in [0.1, 0.15) is 0 Å². The van der Waals surface area contributed by atoms with Crippen LogP contribution >= 0.6 is 0 Å². The smallest absolute Gasteiger partial charge is 0.0402 e. The van der Waals surface area contributed by atoms with Gasteiger partial charge in [0.05, 0.1) is 0 Å². The summed E-state index contributed by atoms with van der Waals surface area (Å²) in [5.41, 5.74) is 0. The second-order valence-corrected chi connectivity index (χ2v) is 4.32. The van der Waals surface area contributed by atoms with Crippen LogP contribution in [0.5, 0.6) is 0 Å². The molecule has 98 valence electrons.